The van der Waals surface area contributed by atoms with Gasteiger partial charge in [0.2, 0.25) is 0 Å². The van der Waals surface area contributed by atoms with E-state index < -0.39 is 97.5 Å². The van der Waals surface area contributed by atoms with Crippen LogP contribution in [0.15, 0.2) is 97.2 Å². The molecule has 0 spiro atoms. The number of aliphatic hydroxyl groups excluding tert-OH is 1. The van der Waals surface area contributed by atoms with E-state index in [1.165, 1.54) is 77.0 Å². The van der Waals surface area contributed by atoms with E-state index in [2.05, 4.69) is 125 Å². The van der Waals surface area contributed by atoms with Crippen molar-refractivity contribution in [2.45, 2.75) is 341 Å². The normalized spacial score (nSPS) is 14.5. The van der Waals surface area contributed by atoms with Crippen molar-refractivity contribution in [1.29, 1.82) is 0 Å². The molecule has 0 heterocycles. The molecule has 17 nitrogen and oxygen atoms in total. The standard InChI is InChI=1S/C79H138O17P2/c1-5-9-13-17-21-25-29-32-35-36-39-41-45-48-52-56-60-64-77(82)89-69-74(95-78(83)65-61-57-53-49-43-28-24-20-16-12-8-4)71-93-97(85,86)91-67-73(80)68-92-98(87,88)94-72-75(96-79(84)66-62-58-54-50-46-42-38-34-31-27-23-19-15-11-7-3)70-90-76(81)63-59-55-51-47-44-40-37-33-30-26-22-18-14-10-6-2/h9-10,13-14,20-22,24-26,32-33,35,37,44,47,73-75,80H,5-8,11-12,15-19,23,27-31,34,36,38-43,45-46,48-72H2,1-4H3,(H,85,86)(H,87,88)/b13-9-,14-10-,24-20-,25-21-,26-22-,35-32-,37-33-,47-44-. The molecule has 0 aliphatic heterocycles. The highest BCUT2D eigenvalue weighted by molar-refractivity contribution is 7.47. The number of phosphoric ester groups is 2. The molecule has 0 aliphatic rings. The third-order valence-corrected chi connectivity index (χ3v) is 17.9. The highest BCUT2D eigenvalue weighted by atomic mass is 31.2. The lowest BCUT2D eigenvalue weighted by Crippen LogP contribution is -2.30. The SMILES string of the molecule is CC/C=C\C/C=C\C/C=C\C/C=C\CCCCC(=O)OCC(COP(=O)(O)OCC(O)COP(=O)(O)OCC(COC(=O)CCCCCCCCC/C=C\C/C=C\C/C=C\CC)OC(=O)CCCCCCC/C=C\CCCC)OC(=O)CCCCCCCCCCCCCCCCC. The summed E-state index contributed by atoms with van der Waals surface area (Å²) in [6, 6.07) is 0. The van der Waals surface area contributed by atoms with Crippen LogP contribution in [0.1, 0.15) is 323 Å². The van der Waals surface area contributed by atoms with E-state index >= 15 is 0 Å². The molecule has 0 aromatic heterocycles. The summed E-state index contributed by atoms with van der Waals surface area (Å²) >= 11 is 0. The molecule has 5 atom stereocenters. The van der Waals surface area contributed by atoms with E-state index in [4.69, 9.17) is 37.0 Å². The zero-order valence-electron chi connectivity index (χ0n) is 61.7. The Morgan fingerprint density at radius 1 is 0.296 bits per heavy atom. The van der Waals surface area contributed by atoms with E-state index in [9.17, 15) is 43.2 Å². The van der Waals surface area contributed by atoms with Crippen LogP contribution in [0.2, 0.25) is 0 Å². The number of hydrogen-bond acceptors (Lipinski definition) is 15. The van der Waals surface area contributed by atoms with E-state index in [1.54, 1.807) is 0 Å². The largest absolute Gasteiger partial charge is 0.472 e. The maximum atomic E-state index is 13.1. The molecule has 0 amide bonds. The number of phosphoric acid groups is 2. The summed E-state index contributed by atoms with van der Waals surface area (Å²) in [6.45, 7) is 4.57. The summed E-state index contributed by atoms with van der Waals surface area (Å²) < 4.78 is 68.4. The van der Waals surface area contributed by atoms with Crippen LogP contribution in [0.5, 0.6) is 0 Å². The molecule has 98 heavy (non-hydrogen) atoms. The molecule has 19 heteroatoms. The maximum absolute atomic E-state index is 13.1. The number of carbonyl (C=O) groups excluding carboxylic acids is 4. The minimum atomic E-state index is -4.98. The minimum absolute atomic E-state index is 0.0818. The van der Waals surface area contributed by atoms with Crippen LogP contribution in [-0.4, -0.2) is 96.7 Å². The molecule has 566 valence electrons. The van der Waals surface area contributed by atoms with Crippen LogP contribution in [0.3, 0.4) is 0 Å². The molecule has 0 bridgehead atoms. The fourth-order valence-electron chi connectivity index (χ4n) is 10.2. The summed E-state index contributed by atoms with van der Waals surface area (Å²) in [4.78, 5) is 72.8. The molecule has 0 aromatic rings. The van der Waals surface area contributed by atoms with E-state index in [-0.39, 0.29) is 25.7 Å². The first-order chi connectivity index (χ1) is 47.7. The van der Waals surface area contributed by atoms with Crippen molar-refractivity contribution in [2.24, 2.45) is 0 Å². The molecule has 0 radical (unpaired) electrons. The van der Waals surface area contributed by atoms with E-state index in [1.807, 2.05) is 0 Å². The number of allylic oxidation sites excluding steroid dienone is 16. The average Bonchev–Trinajstić information content (AvgIpc) is 0.982. The lowest BCUT2D eigenvalue weighted by molar-refractivity contribution is -0.161. The molecule has 5 unspecified atom stereocenters. The smallest absolute Gasteiger partial charge is 0.462 e. The Bertz CT molecular complexity index is 2240. The van der Waals surface area contributed by atoms with Crippen LogP contribution in [-0.2, 0) is 65.4 Å². The average molecular weight is 1420 g/mol. The zero-order chi connectivity index (χ0) is 71.8. The minimum Gasteiger partial charge on any atom is -0.462 e. The first kappa shape index (κ1) is 94.0. The van der Waals surface area contributed by atoms with Crippen LogP contribution in [0, 0.1) is 0 Å². The number of esters is 4. The van der Waals surface area contributed by atoms with Crippen molar-refractivity contribution in [3.05, 3.63) is 97.2 Å². The van der Waals surface area contributed by atoms with Gasteiger partial charge in [-0.05, 0) is 116 Å². The highest BCUT2D eigenvalue weighted by Gasteiger charge is 2.30. The van der Waals surface area contributed by atoms with E-state index in [0.29, 0.717) is 25.7 Å². The molecule has 3 N–H and O–H groups in total. The van der Waals surface area contributed by atoms with Gasteiger partial charge in [0.1, 0.15) is 19.3 Å². The zero-order valence-corrected chi connectivity index (χ0v) is 63.5. The van der Waals surface area contributed by atoms with Crippen molar-refractivity contribution in [3.8, 4) is 0 Å². The van der Waals surface area contributed by atoms with Crippen LogP contribution in [0.25, 0.3) is 0 Å². The number of hydrogen-bond donors (Lipinski definition) is 3. The predicted octanol–water partition coefficient (Wildman–Crippen LogP) is 22.0. The van der Waals surface area contributed by atoms with Crippen molar-refractivity contribution >= 4 is 39.5 Å². The molecule has 0 saturated heterocycles. The van der Waals surface area contributed by atoms with Gasteiger partial charge in [0.05, 0.1) is 26.4 Å². The number of unbranched alkanes of at least 4 members (excludes halogenated alkanes) is 30. The molecule has 0 saturated carbocycles. The number of carbonyl (C=O) groups is 4. The van der Waals surface area contributed by atoms with Gasteiger partial charge in [0.25, 0.3) is 0 Å². The summed E-state index contributed by atoms with van der Waals surface area (Å²) in [6.07, 6.45) is 74.0. The van der Waals surface area contributed by atoms with Crippen molar-refractivity contribution < 1.29 is 80.2 Å². The van der Waals surface area contributed by atoms with E-state index in [0.717, 1.165) is 167 Å². The van der Waals surface area contributed by atoms with Gasteiger partial charge in [0, 0.05) is 25.7 Å². The van der Waals surface area contributed by atoms with Crippen molar-refractivity contribution in [1.82, 2.24) is 0 Å². The molecule has 0 rings (SSSR count). The Morgan fingerprint density at radius 2 is 0.541 bits per heavy atom. The first-order valence-electron chi connectivity index (χ1n) is 38.5. The molecule has 0 aliphatic carbocycles. The number of ether oxygens (including phenoxy) is 4. The Morgan fingerprint density at radius 3 is 0.878 bits per heavy atom. The van der Waals surface area contributed by atoms with Gasteiger partial charge in [0.15, 0.2) is 12.2 Å². The lowest BCUT2D eigenvalue weighted by atomic mass is 10.0. The van der Waals surface area contributed by atoms with Gasteiger partial charge < -0.3 is 33.8 Å². The fraction of sp³-hybridized carbons (Fsp3) is 0.747. The molecule has 0 fully saturated rings. The fourth-order valence-corrected chi connectivity index (χ4v) is 11.8. The topological polar surface area (TPSA) is 237 Å². The Balaban J connectivity index is 5.34. The second-order valence-electron chi connectivity index (χ2n) is 25.5. The second-order valence-corrected chi connectivity index (χ2v) is 28.4. The Labute approximate surface area is 595 Å². The maximum Gasteiger partial charge on any atom is 0.472 e. The van der Waals surface area contributed by atoms with Gasteiger partial charge in [-0.15, -0.1) is 0 Å². The summed E-state index contributed by atoms with van der Waals surface area (Å²) in [7, 11) is -9.96. The van der Waals surface area contributed by atoms with Crippen LogP contribution < -0.4 is 0 Å². The Kier molecular flexibility index (Phi) is 68.4. The molecular weight excluding hydrogens is 1280 g/mol. The van der Waals surface area contributed by atoms with Crippen LogP contribution in [0.4, 0.5) is 0 Å². The van der Waals surface area contributed by atoms with Gasteiger partial charge in [-0.25, -0.2) is 9.13 Å². The third-order valence-electron chi connectivity index (χ3n) is 16.0. The molecular formula is C79H138O17P2. The summed E-state index contributed by atoms with van der Waals surface area (Å²) in [5.41, 5.74) is 0. The quantitative estimate of drug-likeness (QED) is 0.0169. The summed E-state index contributed by atoms with van der Waals surface area (Å²) in [5, 5.41) is 10.6. The Hall–Kier alpha value is -4.02. The summed E-state index contributed by atoms with van der Waals surface area (Å²) in [5.74, 6) is -2.23. The van der Waals surface area contributed by atoms with Crippen LogP contribution >= 0.6 is 15.6 Å². The van der Waals surface area contributed by atoms with Gasteiger partial charge in [-0.1, -0.05) is 279 Å². The van der Waals surface area contributed by atoms with Gasteiger partial charge in [-0.3, -0.25) is 37.3 Å². The van der Waals surface area contributed by atoms with Gasteiger partial charge in [-0.2, -0.15) is 0 Å². The predicted molar refractivity (Wildman–Crippen MR) is 399 cm³/mol. The third kappa shape index (κ3) is 70.4. The van der Waals surface area contributed by atoms with Crippen molar-refractivity contribution in [3.63, 3.8) is 0 Å². The molecule has 0 aromatic carbocycles. The second kappa shape index (κ2) is 71.4. The van der Waals surface area contributed by atoms with Crippen molar-refractivity contribution in [2.75, 3.05) is 39.6 Å². The number of aliphatic hydroxyl groups is 1. The van der Waals surface area contributed by atoms with Gasteiger partial charge >= 0.3 is 39.5 Å². The number of rotatable bonds is 72. The monoisotopic (exact) mass is 1420 g/mol. The lowest BCUT2D eigenvalue weighted by Gasteiger charge is -2.21. The highest BCUT2D eigenvalue weighted by Crippen LogP contribution is 2.45. The first-order valence-corrected chi connectivity index (χ1v) is 41.5.